The standard InChI is InChI=1S/C19H22N2O3/c1-24-16-7-3-2-6-15(16)14-18(22)21-12-9-19(23,10-13-21)17-8-4-5-11-20-17/h2-8,11,23H,9-10,12-14H2,1H3. The van der Waals surface area contributed by atoms with Gasteiger partial charge < -0.3 is 14.7 Å². The number of para-hydroxylation sites is 1. The second kappa shape index (κ2) is 7.01. The minimum Gasteiger partial charge on any atom is -0.496 e. The lowest BCUT2D eigenvalue weighted by molar-refractivity contribution is -0.135. The van der Waals surface area contributed by atoms with Gasteiger partial charge in [-0.3, -0.25) is 9.78 Å². The van der Waals surface area contributed by atoms with Gasteiger partial charge >= 0.3 is 0 Å². The van der Waals surface area contributed by atoms with Crippen LogP contribution in [-0.4, -0.2) is 41.1 Å². The first-order valence-electron chi connectivity index (χ1n) is 8.16. The van der Waals surface area contributed by atoms with Crippen molar-refractivity contribution >= 4 is 5.91 Å². The molecule has 0 spiro atoms. The van der Waals surface area contributed by atoms with Crippen LogP contribution >= 0.6 is 0 Å². The third kappa shape index (κ3) is 3.41. The van der Waals surface area contributed by atoms with Gasteiger partial charge in [-0.15, -0.1) is 0 Å². The average molecular weight is 326 g/mol. The third-order valence-corrected chi connectivity index (χ3v) is 4.62. The van der Waals surface area contributed by atoms with Gasteiger partial charge in [0, 0.05) is 24.8 Å². The highest BCUT2D eigenvalue weighted by atomic mass is 16.5. The van der Waals surface area contributed by atoms with E-state index >= 15 is 0 Å². The van der Waals surface area contributed by atoms with Crippen LogP contribution in [0.1, 0.15) is 24.1 Å². The molecule has 0 radical (unpaired) electrons. The van der Waals surface area contributed by atoms with Gasteiger partial charge in [-0.1, -0.05) is 24.3 Å². The summed E-state index contributed by atoms with van der Waals surface area (Å²) in [6, 6.07) is 13.1. The Morgan fingerprint density at radius 2 is 1.92 bits per heavy atom. The molecular formula is C19H22N2O3. The maximum Gasteiger partial charge on any atom is 0.227 e. The van der Waals surface area contributed by atoms with Crippen molar-refractivity contribution < 1.29 is 14.6 Å². The fraction of sp³-hybridized carbons (Fsp3) is 0.368. The van der Waals surface area contributed by atoms with Crippen LogP contribution in [0.4, 0.5) is 0 Å². The van der Waals surface area contributed by atoms with Gasteiger partial charge in [-0.2, -0.15) is 0 Å². The Morgan fingerprint density at radius 1 is 1.21 bits per heavy atom. The summed E-state index contributed by atoms with van der Waals surface area (Å²) < 4.78 is 5.31. The predicted octanol–water partition coefficient (Wildman–Crippen LogP) is 2.14. The van der Waals surface area contributed by atoms with Crippen molar-refractivity contribution in [1.29, 1.82) is 0 Å². The predicted molar refractivity (Wildman–Crippen MR) is 90.6 cm³/mol. The number of hydrogen-bond donors (Lipinski definition) is 1. The first kappa shape index (κ1) is 16.5. The number of piperidine rings is 1. The molecule has 1 saturated heterocycles. The lowest BCUT2D eigenvalue weighted by Crippen LogP contribution is -2.46. The Bertz CT molecular complexity index is 695. The van der Waals surface area contributed by atoms with Crippen molar-refractivity contribution in [2.75, 3.05) is 20.2 Å². The molecule has 0 aliphatic carbocycles. The molecular weight excluding hydrogens is 304 g/mol. The summed E-state index contributed by atoms with van der Waals surface area (Å²) in [6.07, 6.45) is 3.00. The summed E-state index contributed by atoms with van der Waals surface area (Å²) in [6.45, 7) is 1.06. The largest absolute Gasteiger partial charge is 0.496 e. The van der Waals surface area contributed by atoms with Crippen molar-refractivity contribution in [2.24, 2.45) is 0 Å². The van der Waals surface area contributed by atoms with Gasteiger partial charge in [0.05, 0.1) is 19.2 Å². The number of nitrogens with zero attached hydrogens (tertiary/aromatic N) is 2. The summed E-state index contributed by atoms with van der Waals surface area (Å²) in [5.41, 5.74) is 0.625. The van der Waals surface area contributed by atoms with E-state index in [0.717, 1.165) is 11.3 Å². The number of aliphatic hydroxyl groups is 1. The quantitative estimate of drug-likeness (QED) is 0.935. The van der Waals surface area contributed by atoms with E-state index in [2.05, 4.69) is 4.98 Å². The third-order valence-electron chi connectivity index (χ3n) is 4.62. The number of methoxy groups -OCH3 is 1. The molecule has 0 saturated carbocycles. The second-order valence-electron chi connectivity index (χ2n) is 6.12. The Kier molecular flexibility index (Phi) is 4.81. The average Bonchev–Trinajstić information content (AvgIpc) is 2.63. The molecule has 0 unspecified atom stereocenters. The van der Waals surface area contributed by atoms with Gasteiger partial charge in [0.15, 0.2) is 0 Å². The molecule has 1 aromatic carbocycles. The minimum absolute atomic E-state index is 0.0579. The van der Waals surface area contributed by atoms with Crippen LogP contribution < -0.4 is 4.74 Å². The van der Waals surface area contributed by atoms with E-state index in [4.69, 9.17) is 4.74 Å². The second-order valence-corrected chi connectivity index (χ2v) is 6.12. The number of aromatic nitrogens is 1. The molecule has 2 heterocycles. The zero-order chi connectivity index (χ0) is 17.0. The molecule has 0 bridgehead atoms. The Morgan fingerprint density at radius 3 is 2.58 bits per heavy atom. The summed E-state index contributed by atoms with van der Waals surface area (Å²) in [7, 11) is 1.61. The summed E-state index contributed by atoms with van der Waals surface area (Å²) >= 11 is 0. The fourth-order valence-electron chi connectivity index (χ4n) is 3.14. The number of carbonyl (C=O) groups is 1. The minimum atomic E-state index is -0.942. The van der Waals surface area contributed by atoms with Crippen molar-refractivity contribution in [1.82, 2.24) is 9.88 Å². The summed E-state index contributed by atoms with van der Waals surface area (Å²) in [5.74, 6) is 0.787. The van der Waals surface area contributed by atoms with E-state index in [1.54, 1.807) is 13.3 Å². The van der Waals surface area contributed by atoms with Crippen LogP contribution in [0.15, 0.2) is 48.7 Å². The van der Waals surface area contributed by atoms with Crippen molar-refractivity contribution in [3.63, 3.8) is 0 Å². The van der Waals surface area contributed by atoms with Crippen LogP contribution in [0, 0.1) is 0 Å². The number of rotatable bonds is 4. The van der Waals surface area contributed by atoms with Gasteiger partial charge in [-0.05, 0) is 31.0 Å². The van der Waals surface area contributed by atoms with E-state index in [-0.39, 0.29) is 5.91 Å². The van der Waals surface area contributed by atoms with E-state index in [1.807, 2.05) is 47.4 Å². The highest BCUT2D eigenvalue weighted by Crippen LogP contribution is 2.31. The number of likely N-dealkylation sites (tertiary alicyclic amines) is 1. The maximum atomic E-state index is 12.6. The van der Waals surface area contributed by atoms with Gasteiger partial charge in [-0.25, -0.2) is 0 Å². The van der Waals surface area contributed by atoms with Gasteiger partial charge in [0.1, 0.15) is 11.4 Å². The number of hydrogen-bond acceptors (Lipinski definition) is 4. The summed E-state index contributed by atoms with van der Waals surface area (Å²) in [4.78, 5) is 18.6. The normalized spacial score (nSPS) is 16.7. The number of ether oxygens (including phenoxy) is 1. The lowest BCUT2D eigenvalue weighted by atomic mass is 9.87. The van der Waals surface area contributed by atoms with Crippen LogP contribution in [0.2, 0.25) is 0 Å². The van der Waals surface area contributed by atoms with E-state index in [0.29, 0.717) is 38.0 Å². The van der Waals surface area contributed by atoms with Crippen LogP contribution in [0.5, 0.6) is 5.75 Å². The zero-order valence-corrected chi connectivity index (χ0v) is 13.8. The highest BCUT2D eigenvalue weighted by Gasteiger charge is 2.36. The van der Waals surface area contributed by atoms with Crippen molar-refractivity contribution in [2.45, 2.75) is 24.9 Å². The molecule has 1 fully saturated rings. The molecule has 2 aromatic rings. The Balaban J connectivity index is 1.63. The molecule has 1 N–H and O–H groups in total. The van der Waals surface area contributed by atoms with E-state index in [9.17, 15) is 9.90 Å². The van der Waals surface area contributed by atoms with E-state index < -0.39 is 5.60 Å². The van der Waals surface area contributed by atoms with Gasteiger partial charge in [0.25, 0.3) is 0 Å². The van der Waals surface area contributed by atoms with E-state index in [1.165, 1.54) is 0 Å². The monoisotopic (exact) mass is 326 g/mol. The van der Waals surface area contributed by atoms with Crippen LogP contribution in [0.25, 0.3) is 0 Å². The molecule has 126 valence electrons. The zero-order valence-electron chi connectivity index (χ0n) is 13.8. The summed E-state index contributed by atoms with van der Waals surface area (Å²) in [5, 5.41) is 10.8. The first-order valence-corrected chi connectivity index (χ1v) is 8.16. The Labute approximate surface area is 141 Å². The molecule has 0 atom stereocenters. The molecule has 1 aliphatic rings. The SMILES string of the molecule is COc1ccccc1CC(=O)N1CCC(O)(c2ccccn2)CC1. The highest BCUT2D eigenvalue weighted by molar-refractivity contribution is 5.79. The number of amides is 1. The Hall–Kier alpha value is -2.40. The number of carbonyl (C=O) groups excluding carboxylic acids is 1. The molecule has 3 rings (SSSR count). The fourth-order valence-corrected chi connectivity index (χ4v) is 3.14. The van der Waals surface area contributed by atoms with Crippen LogP contribution in [0.3, 0.4) is 0 Å². The van der Waals surface area contributed by atoms with Crippen LogP contribution in [-0.2, 0) is 16.8 Å². The molecule has 5 nitrogen and oxygen atoms in total. The molecule has 1 aliphatic heterocycles. The van der Waals surface area contributed by atoms with Gasteiger partial charge in [0.2, 0.25) is 5.91 Å². The maximum absolute atomic E-state index is 12.6. The lowest BCUT2D eigenvalue weighted by Gasteiger charge is -2.37. The van der Waals surface area contributed by atoms with Crippen molar-refractivity contribution in [3.8, 4) is 5.75 Å². The molecule has 24 heavy (non-hydrogen) atoms. The van der Waals surface area contributed by atoms with Crippen molar-refractivity contribution in [3.05, 3.63) is 59.9 Å². The molecule has 5 heteroatoms. The molecule has 1 amide bonds. The topological polar surface area (TPSA) is 62.7 Å². The smallest absolute Gasteiger partial charge is 0.227 e. The molecule has 1 aromatic heterocycles. The first-order chi connectivity index (χ1) is 11.6. The number of pyridine rings is 1. The number of benzene rings is 1.